The van der Waals surface area contributed by atoms with E-state index in [1.807, 2.05) is 0 Å². The van der Waals surface area contributed by atoms with E-state index in [0.717, 1.165) is 44.3 Å². The molecule has 0 aliphatic heterocycles. The van der Waals surface area contributed by atoms with Gasteiger partial charge >= 0.3 is 5.97 Å². The highest BCUT2D eigenvalue weighted by molar-refractivity contribution is 5.71. The Bertz CT molecular complexity index is 478. The third-order valence-corrected chi connectivity index (χ3v) is 5.08. The van der Waals surface area contributed by atoms with E-state index in [2.05, 4.69) is 10.1 Å². The highest BCUT2D eigenvalue weighted by Crippen LogP contribution is 2.38. The van der Waals surface area contributed by atoms with Gasteiger partial charge in [0.1, 0.15) is 0 Å². The Balaban J connectivity index is 1.75. The molecule has 2 saturated carbocycles. The van der Waals surface area contributed by atoms with Crippen molar-refractivity contribution in [2.75, 3.05) is 0 Å². The number of hydrogen-bond acceptors (Lipinski definition) is 4. The Morgan fingerprint density at radius 2 is 1.67 bits per heavy atom. The molecule has 3 rings (SSSR count). The van der Waals surface area contributed by atoms with Crippen molar-refractivity contribution in [3.05, 3.63) is 11.7 Å². The van der Waals surface area contributed by atoms with Crippen LogP contribution in [0, 0.1) is 5.92 Å². The minimum Gasteiger partial charge on any atom is -0.481 e. The van der Waals surface area contributed by atoms with Crippen molar-refractivity contribution in [2.45, 2.75) is 76.0 Å². The lowest BCUT2D eigenvalue weighted by Crippen LogP contribution is -2.25. The van der Waals surface area contributed by atoms with E-state index in [1.165, 1.54) is 25.7 Å². The van der Waals surface area contributed by atoms with Crippen molar-refractivity contribution in [1.82, 2.24) is 10.1 Å². The second-order valence-corrected chi connectivity index (χ2v) is 6.51. The van der Waals surface area contributed by atoms with Crippen molar-refractivity contribution in [3.63, 3.8) is 0 Å². The van der Waals surface area contributed by atoms with Crippen LogP contribution in [0.15, 0.2) is 4.52 Å². The first-order valence-electron chi connectivity index (χ1n) is 8.32. The molecular weight excluding hydrogens is 268 g/mol. The zero-order valence-corrected chi connectivity index (χ0v) is 12.5. The number of aliphatic carboxylic acids is 1. The summed E-state index contributed by atoms with van der Waals surface area (Å²) in [5, 5.41) is 13.5. The van der Waals surface area contributed by atoms with E-state index >= 15 is 0 Å². The minimum atomic E-state index is -0.728. The molecule has 1 heterocycles. The van der Waals surface area contributed by atoms with Crippen molar-refractivity contribution in [2.24, 2.45) is 5.92 Å². The van der Waals surface area contributed by atoms with Gasteiger partial charge in [0.05, 0.1) is 11.8 Å². The molecule has 1 aromatic rings. The molecule has 0 amide bonds. The third-order valence-electron chi connectivity index (χ3n) is 5.08. The van der Waals surface area contributed by atoms with Gasteiger partial charge < -0.3 is 9.63 Å². The smallest absolute Gasteiger partial charge is 0.307 e. The van der Waals surface area contributed by atoms with Crippen LogP contribution in [0.25, 0.3) is 0 Å². The van der Waals surface area contributed by atoms with E-state index in [1.54, 1.807) is 0 Å². The van der Waals surface area contributed by atoms with E-state index in [0.29, 0.717) is 11.8 Å². The van der Waals surface area contributed by atoms with Gasteiger partial charge in [0.2, 0.25) is 5.89 Å². The van der Waals surface area contributed by atoms with Crippen LogP contribution in [0.4, 0.5) is 0 Å². The average molecular weight is 292 g/mol. The predicted octanol–water partition coefficient (Wildman–Crippen LogP) is 3.87. The summed E-state index contributed by atoms with van der Waals surface area (Å²) in [5.41, 5.74) is 0. The molecule has 21 heavy (non-hydrogen) atoms. The summed E-state index contributed by atoms with van der Waals surface area (Å²) in [6, 6.07) is 0. The SMILES string of the molecule is O=C(O)C1CCCCC1c1nc(C2CCCCCC2)no1. The summed E-state index contributed by atoms with van der Waals surface area (Å²) in [6.45, 7) is 0. The Labute approximate surface area is 125 Å². The van der Waals surface area contributed by atoms with Crippen LogP contribution in [-0.2, 0) is 4.79 Å². The van der Waals surface area contributed by atoms with Crippen LogP contribution < -0.4 is 0 Å². The van der Waals surface area contributed by atoms with Gasteiger partial charge in [0.15, 0.2) is 5.82 Å². The molecular formula is C16H24N2O3. The van der Waals surface area contributed by atoms with Gasteiger partial charge in [-0.05, 0) is 25.7 Å². The predicted molar refractivity (Wildman–Crippen MR) is 77.1 cm³/mol. The van der Waals surface area contributed by atoms with E-state index in [-0.39, 0.29) is 11.8 Å². The largest absolute Gasteiger partial charge is 0.481 e. The quantitative estimate of drug-likeness (QED) is 0.856. The maximum Gasteiger partial charge on any atom is 0.307 e. The Morgan fingerprint density at radius 3 is 2.38 bits per heavy atom. The highest BCUT2D eigenvalue weighted by atomic mass is 16.5. The zero-order valence-electron chi connectivity index (χ0n) is 12.5. The number of nitrogens with zero attached hydrogens (tertiary/aromatic N) is 2. The molecule has 116 valence electrons. The van der Waals surface area contributed by atoms with Crippen LogP contribution in [-0.4, -0.2) is 21.2 Å². The molecule has 0 aromatic carbocycles. The van der Waals surface area contributed by atoms with Crippen molar-refractivity contribution in [3.8, 4) is 0 Å². The monoisotopic (exact) mass is 292 g/mol. The van der Waals surface area contributed by atoms with Crippen molar-refractivity contribution in [1.29, 1.82) is 0 Å². The summed E-state index contributed by atoms with van der Waals surface area (Å²) >= 11 is 0. The fourth-order valence-electron chi connectivity index (χ4n) is 3.82. The highest BCUT2D eigenvalue weighted by Gasteiger charge is 2.36. The summed E-state index contributed by atoms with van der Waals surface area (Å²) in [7, 11) is 0. The van der Waals surface area contributed by atoms with Gasteiger partial charge in [-0.25, -0.2) is 0 Å². The zero-order chi connectivity index (χ0) is 14.7. The Hall–Kier alpha value is -1.39. The Morgan fingerprint density at radius 1 is 1.00 bits per heavy atom. The average Bonchev–Trinajstić information content (AvgIpc) is 2.83. The summed E-state index contributed by atoms with van der Waals surface area (Å²) in [4.78, 5) is 16.0. The standard InChI is InChI=1S/C16H24N2O3/c19-16(20)13-10-6-5-9-12(13)15-17-14(18-21-15)11-7-3-1-2-4-8-11/h11-13H,1-10H2,(H,19,20). The summed E-state index contributed by atoms with van der Waals surface area (Å²) in [6.07, 6.45) is 10.9. The lowest BCUT2D eigenvalue weighted by molar-refractivity contribution is -0.143. The molecule has 2 aliphatic carbocycles. The lowest BCUT2D eigenvalue weighted by atomic mass is 9.79. The number of carbonyl (C=O) groups is 1. The number of aromatic nitrogens is 2. The van der Waals surface area contributed by atoms with Crippen LogP contribution in [0.2, 0.25) is 0 Å². The molecule has 5 heteroatoms. The Kier molecular flexibility index (Phi) is 4.56. The molecule has 2 unspecified atom stereocenters. The lowest BCUT2D eigenvalue weighted by Gasteiger charge is -2.25. The maximum atomic E-state index is 11.4. The molecule has 0 spiro atoms. The van der Waals surface area contributed by atoms with E-state index in [9.17, 15) is 9.90 Å². The molecule has 1 N–H and O–H groups in total. The fourth-order valence-corrected chi connectivity index (χ4v) is 3.82. The molecule has 2 aliphatic rings. The molecule has 1 aromatic heterocycles. The van der Waals surface area contributed by atoms with Crippen LogP contribution in [0.5, 0.6) is 0 Å². The minimum absolute atomic E-state index is 0.0942. The van der Waals surface area contributed by atoms with Gasteiger partial charge in [-0.15, -0.1) is 0 Å². The first-order chi connectivity index (χ1) is 10.3. The number of carboxylic acid groups (broad SMARTS) is 1. The molecule has 2 fully saturated rings. The second kappa shape index (κ2) is 6.58. The number of carboxylic acids is 1. The normalized spacial score (nSPS) is 28.2. The van der Waals surface area contributed by atoms with E-state index < -0.39 is 5.97 Å². The maximum absolute atomic E-state index is 11.4. The second-order valence-electron chi connectivity index (χ2n) is 6.51. The van der Waals surface area contributed by atoms with Crippen molar-refractivity contribution < 1.29 is 14.4 Å². The van der Waals surface area contributed by atoms with Crippen LogP contribution in [0.1, 0.15) is 87.8 Å². The number of hydrogen-bond donors (Lipinski definition) is 1. The summed E-state index contributed by atoms with van der Waals surface area (Å²) < 4.78 is 5.45. The van der Waals surface area contributed by atoms with Gasteiger partial charge in [0.25, 0.3) is 0 Å². The molecule has 0 saturated heterocycles. The van der Waals surface area contributed by atoms with Crippen LogP contribution >= 0.6 is 0 Å². The first kappa shape index (κ1) is 14.5. The van der Waals surface area contributed by atoms with Gasteiger partial charge in [-0.1, -0.05) is 43.7 Å². The molecule has 0 radical (unpaired) electrons. The first-order valence-corrected chi connectivity index (χ1v) is 8.32. The van der Waals surface area contributed by atoms with Gasteiger partial charge in [-0.3, -0.25) is 4.79 Å². The molecule has 5 nitrogen and oxygen atoms in total. The number of rotatable bonds is 3. The topological polar surface area (TPSA) is 76.2 Å². The summed E-state index contributed by atoms with van der Waals surface area (Å²) in [5.74, 6) is 0.582. The fraction of sp³-hybridized carbons (Fsp3) is 0.812. The van der Waals surface area contributed by atoms with Gasteiger partial charge in [0, 0.05) is 5.92 Å². The molecule has 0 bridgehead atoms. The van der Waals surface area contributed by atoms with Crippen molar-refractivity contribution >= 4 is 5.97 Å². The third kappa shape index (κ3) is 3.27. The van der Waals surface area contributed by atoms with Crippen LogP contribution in [0.3, 0.4) is 0 Å². The van der Waals surface area contributed by atoms with Gasteiger partial charge in [-0.2, -0.15) is 4.98 Å². The van der Waals surface area contributed by atoms with E-state index in [4.69, 9.17) is 4.52 Å². The molecule has 2 atom stereocenters.